The van der Waals surface area contributed by atoms with Crippen molar-refractivity contribution in [2.75, 3.05) is 0 Å². The van der Waals surface area contributed by atoms with Gasteiger partial charge >= 0.3 is 0 Å². The molecule has 4 nitrogen and oxygen atoms in total. The fraction of sp³-hybridized carbons (Fsp3) is 1.00. The van der Waals surface area contributed by atoms with Crippen LogP contribution >= 0.6 is 0 Å². The summed E-state index contributed by atoms with van der Waals surface area (Å²) in [6.07, 6.45) is 3.42. The minimum absolute atomic E-state index is 0.399. The third-order valence-corrected chi connectivity index (χ3v) is 2.41. The Kier molecular flexibility index (Phi) is 1.61. The van der Waals surface area contributed by atoms with Crippen molar-refractivity contribution >= 4 is 0 Å². The van der Waals surface area contributed by atoms with Gasteiger partial charge in [-0.15, -0.1) is 0 Å². The lowest BCUT2D eigenvalue weighted by Crippen LogP contribution is -2.44. The van der Waals surface area contributed by atoms with E-state index in [1.165, 1.54) is 6.42 Å². The Bertz CT molecular complexity index is 127. The first-order chi connectivity index (χ1) is 4.86. The molecule has 1 saturated heterocycles. The molecule has 0 aromatic heterocycles. The summed E-state index contributed by atoms with van der Waals surface area (Å²) in [4.78, 5) is 0. The van der Waals surface area contributed by atoms with Gasteiger partial charge in [0.1, 0.15) is 0 Å². The van der Waals surface area contributed by atoms with Crippen molar-refractivity contribution in [1.29, 1.82) is 0 Å². The molecule has 1 aliphatic carbocycles. The van der Waals surface area contributed by atoms with Crippen molar-refractivity contribution in [1.82, 2.24) is 16.4 Å². The van der Waals surface area contributed by atoms with Crippen LogP contribution in [0.4, 0.5) is 0 Å². The zero-order valence-electron chi connectivity index (χ0n) is 5.93. The van der Waals surface area contributed by atoms with Gasteiger partial charge in [0, 0.05) is 18.1 Å². The van der Waals surface area contributed by atoms with E-state index >= 15 is 0 Å². The van der Waals surface area contributed by atoms with Crippen molar-refractivity contribution in [3.8, 4) is 0 Å². The summed E-state index contributed by atoms with van der Waals surface area (Å²) in [6.45, 7) is 0. The van der Waals surface area contributed by atoms with Crippen LogP contribution < -0.4 is 22.1 Å². The summed E-state index contributed by atoms with van der Waals surface area (Å²) >= 11 is 0. The molecule has 58 valence electrons. The van der Waals surface area contributed by atoms with Crippen LogP contribution in [0, 0.1) is 0 Å². The summed E-state index contributed by atoms with van der Waals surface area (Å²) in [6, 6.07) is 1.54. The van der Waals surface area contributed by atoms with E-state index in [0.717, 1.165) is 12.8 Å². The Morgan fingerprint density at radius 3 is 2.80 bits per heavy atom. The van der Waals surface area contributed by atoms with Gasteiger partial charge in [0.15, 0.2) is 0 Å². The maximum atomic E-state index is 5.80. The second-order valence-corrected chi connectivity index (χ2v) is 3.20. The number of hydrazine groups is 2. The van der Waals surface area contributed by atoms with Crippen molar-refractivity contribution < 1.29 is 0 Å². The van der Waals surface area contributed by atoms with Crippen LogP contribution in [-0.2, 0) is 0 Å². The van der Waals surface area contributed by atoms with Crippen molar-refractivity contribution in [2.45, 2.75) is 37.4 Å². The summed E-state index contributed by atoms with van der Waals surface area (Å²) in [5.41, 5.74) is 15.0. The third kappa shape index (κ3) is 1.03. The first-order valence-corrected chi connectivity index (χ1v) is 3.88. The van der Waals surface area contributed by atoms with Gasteiger partial charge in [-0.2, -0.15) is 5.53 Å². The molecule has 1 aliphatic heterocycles. The SMILES string of the molecule is NC1CCC2NNNC2C1. The highest BCUT2D eigenvalue weighted by molar-refractivity contribution is 4.92. The van der Waals surface area contributed by atoms with Crippen LogP contribution in [0.25, 0.3) is 0 Å². The first-order valence-electron chi connectivity index (χ1n) is 3.88. The minimum Gasteiger partial charge on any atom is -0.328 e. The zero-order valence-corrected chi connectivity index (χ0v) is 5.93. The number of fused-ring (bicyclic) bond motifs is 1. The van der Waals surface area contributed by atoms with Gasteiger partial charge in [0.2, 0.25) is 0 Å². The lowest BCUT2D eigenvalue weighted by molar-refractivity contribution is 0.338. The lowest BCUT2D eigenvalue weighted by atomic mass is 9.88. The van der Waals surface area contributed by atoms with Crippen molar-refractivity contribution in [3.05, 3.63) is 0 Å². The van der Waals surface area contributed by atoms with Crippen LogP contribution in [0.3, 0.4) is 0 Å². The monoisotopic (exact) mass is 142 g/mol. The van der Waals surface area contributed by atoms with Gasteiger partial charge in [0.25, 0.3) is 0 Å². The summed E-state index contributed by atoms with van der Waals surface area (Å²) in [5, 5.41) is 0. The molecule has 0 radical (unpaired) electrons. The quantitative estimate of drug-likeness (QED) is 0.345. The fourth-order valence-corrected chi connectivity index (χ4v) is 1.76. The van der Waals surface area contributed by atoms with E-state index in [2.05, 4.69) is 16.4 Å². The van der Waals surface area contributed by atoms with E-state index in [1.807, 2.05) is 0 Å². The van der Waals surface area contributed by atoms with E-state index in [9.17, 15) is 0 Å². The summed E-state index contributed by atoms with van der Waals surface area (Å²) in [5.74, 6) is 0. The Hall–Kier alpha value is -0.160. The van der Waals surface area contributed by atoms with Crippen molar-refractivity contribution in [3.63, 3.8) is 0 Å². The molecule has 0 spiro atoms. The number of hydrogen-bond acceptors (Lipinski definition) is 4. The van der Waals surface area contributed by atoms with Gasteiger partial charge in [0.05, 0.1) is 0 Å². The van der Waals surface area contributed by atoms with E-state index in [-0.39, 0.29) is 0 Å². The minimum atomic E-state index is 0.399. The van der Waals surface area contributed by atoms with Gasteiger partial charge in [-0.1, -0.05) is 0 Å². The zero-order chi connectivity index (χ0) is 6.97. The predicted molar refractivity (Wildman–Crippen MR) is 38.8 cm³/mol. The van der Waals surface area contributed by atoms with Gasteiger partial charge in [-0.25, -0.2) is 10.9 Å². The number of nitrogens with one attached hydrogen (secondary N) is 3. The number of rotatable bonds is 0. The average Bonchev–Trinajstić information content (AvgIpc) is 2.33. The molecule has 3 atom stereocenters. The maximum absolute atomic E-state index is 5.80. The number of nitrogens with two attached hydrogens (primary N) is 1. The molecule has 0 aromatic rings. The first kappa shape index (κ1) is 6.54. The van der Waals surface area contributed by atoms with Crippen LogP contribution in [0.2, 0.25) is 0 Å². The summed E-state index contributed by atoms with van der Waals surface area (Å²) in [7, 11) is 0. The van der Waals surface area contributed by atoms with Crippen LogP contribution in [0.1, 0.15) is 19.3 Å². The molecule has 2 rings (SSSR count). The maximum Gasteiger partial charge on any atom is 0.0408 e. The molecule has 1 heterocycles. The number of hydrogen-bond donors (Lipinski definition) is 4. The van der Waals surface area contributed by atoms with Gasteiger partial charge in [-0.05, 0) is 19.3 Å². The smallest absolute Gasteiger partial charge is 0.0408 e. The molecule has 5 N–H and O–H groups in total. The molecule has 0 bridgehead atoms. The topological polar surface area (TPSA) is 62.1 Å². The largest absolute Gasteiger partial charge is 0.328 e. The standard InChI is InChI=1S/C6H14N4/c7-4-1-2-5-6(3-4)9-10-8-5/h4-6,8-10H,1-3,7H2. The highest BCUT2D eigenvalue weighted by Crippen LogP contribution is 2.18. The molecular formula is C6H14N4. The Labute approximate surface area is 60.5 Å². The second-order valence-electron chi connectivity index (χ2n) is 3.20. The molecule has 3 unspecified atom stereocenters. The third-order valence-electron chi connectivity index (χ3n) is 2.41. The Balaban J connectivity index is 1.96. The van der Waals surface area contributed by atoms with Crippen LogP contribution in [0.15, 0.2) is 0 Å². The predicted octanol–water partition coefficient (Wildman–Crippen LogP) is -1.15. The van der Waals surface area contributed by atoms with E-state index in [4.69, 9.17) is 5.73 Å². The molecule has 0 aromatic carbocycles. The molecular weight excluding hydrogens is 128 g/mol. The molecule has 2 fully saturated rings. The van der Waals surface area contributed by atoms with E-state index in [1.54, 1.807) is 0 Å². The highest BCUT2D eigenvalue weighted by Gasteiger charge is 2.31. The van der Waals surface area contributed by atoms with Crippen molar-refractivity contribution in [2.24, 2.45) is 5.73 Å². The molecule has 4 heteroatoms. The molecule has 2 aliphatic rings. The van der Waals surface area contributed by atoms with Gasteiger partial charge in [-0.3, -0.25) is 0 Å². The molecule has 1 saturated carbocycles. The molecule has 0 amide bonds. The molecule has 10 heavy (non-hydrogen) atoms. The normalized spacial score (nSPS) is 47.1. The lowest BCUT2D eigenvalue weighted by Gasteiger charge is -2.27. The van der Waals surface area contributed by atoms with Gasteiger partial charge < -0.3 is 5.73 Å². The Morgan fingerprint density at radius 1 is 1.10 bits per heavy atom. The van der Waals surface area contributed by atoms with Crippen LogP contribution in [-0.4, -0.2) is 18.1 Å². The van der Waals surface area contributed by atoms with E-state index in [0.29, 0.717) is 18.1 Å². The average molecular weight is 142 g/mol. The summed E-state index contributed by atoms with van der Waals surface area (Å²) < 4.78 is 0. The van der Waals surface area contributed by atoms with Crippen LogP contribution in [0.5, 0.6) is 0 Å². The second kappa shape index (κ2) is 2.47. The fourth-order valence-electron chi connectivity index (χ4n) is 1.76. The van der Waals surface area contributed by atoms with E-state index < -0.39 is 0 Å². The Morgan fingerprint density at radius 2 is 1.90 bits per heavy atom. The highest BCUT2D eigenvalue weighted by atomic mass is 15.7.